The number of ether oxygens (including phenoxy) is 1. The summed E-state index contributed by atoms with van der Waals surface area (Å²) in [6.45, 7) is 0.324. The van der Waals surface area contributed by atoms with Crippen LogP contribution in [-0.2, 0) is 4.79 Å². The van der Waals surface area contributed by atoms with Crippen LogP contribution in [0.1, 0.15) is 17.9 Å². The molecule has 1 aliphatic rings. The molecule has 1 aromatic rings. The quantitative estimate of drug-likeness (QED) is 0.784. The third-order valence-electron chi connectivity index (χ3n) is 2.27. The van der Waals surface area contributed by atoms with Gasteiger partial charge in [0.1, 0.15) is 11.6 Å². The Balaban J connectivity index is 2.28. The average molecular weight is 196 g/mol. The Morgan fingerprint density at radius 2 is 2.43 bits per heavy atom. The van der Waals surface area contributed by atoms with Crippen molar-refractivity contribution in [3.8, 4) is 5.75 Å². The van der Waals surface area contributed by atoms with Gasteiger partial charge in [-0.3, -0.25) is 4.79 Å². The van der Waals surface area contributed by atoms with E-state index < -0.39 is 5.97 Å². The summed E-state index contributed by atoms with van der Waals surface area (Å²) in [7, 11) is 0. The molecule has 3 nitrogen and oxygen atoms in total. The third kappa shape index (κ3) is 1.55. The Bertz CT molecular complexity index is 376. The minimum atomic E-state index is -0.893. The third-order valence-corrected chi connectivity index (χ3v) is 2.27. The predicted octanol–water partition coefficient (Wildman–Crippen LogP) is 1.78. The van der Waals surface area contributed by atoms with Crippen molar-refractivity contribution < 1.29 is 19.0 Å². The second kappa shape index (κ2) is 3.29. The maximum absolute atomic E-state index is 12.9. The molecule has 1 atom stereocenters. The molecule has 1 aliphatic heterocycles. The molecule has 4 heteroatoms. The second-order valence-corrected chi connectivity index (χ2v) is 3.29. The topological polar surface area (TPSA) is 46.5 Å². The molecule has 0 radical (unpaired) electrons. The Hall–Kier alpha value is -1.58. The molecule has 0 spiro atoms. The Morgan fingerprint density at radius 3 is 3.14 bits per heavy atom. The number of carbonyl (C=O) groups is 1. The fourth-order valence-electron chi connectivity index (χ4n) is 1.63. The summed E-state index contributed by atoms with van der Waals surface area (Å²) in [6, 6.07) is 4.18. The maximum atomic E-state index is 12.9. The van der Waals surface area contributed by atoms with E-state index >= 15 is 0 Å². The first-order valence-corrected chi connectivity index (χ1v) is 4.31. The second-order valence-electron chi connectivity index (χ2n) is 3.29. The highest BCUT2D eigenvalue weighted by molar-refractivity contribution is 5.68. The lowest BCUT2D eigenvalue weighted by Crippen LogP contribution is -2.07. The minimum Gasteiger partial charge on any atom is -0.493 e. The average Bonchev–Trinajstić information content (AvgIpc) is 2.47. The van der Waals surface area contributed by atoms with Crippen molar-refractivity contribution in [2.24, 2.45) is 0 Å². The smallest absolute Gasteiger partial charge is 0.304 e. The number of halogens is 1. The molecule has 0 saturated carbocycles. The molecular formula is C10H9FO3. The molecule has 1 heterocycles. The summed E-state index contributed by atoms with van der Waals surface area (Å²) in [5.74, 6) is -0.879. The molecule has 0 fully saturated rings. The van der Waals surface area contributed by atoms with Crippen LogP contribution in [0.4, 0.5) is 4.39 Å². The van der Waals surface area contributed by atoms with Crippen LogP contribution >= 0.6 is 0 Å². The molecule has 1 unspecified atom stereocenters. The van der Waals surface area contributed by atoms with Crippen molar-refractivity contribution in [1.29, 1.82) is 0 Å². The van der Waals surface area contributed by atoms with E-state index in [1.165, 1.54) is 18.2 Å². The highest BCUT2D eigenvalue weighted by Gasteiger charge is 2.26. The molecule has 0 amide bonds. The summed E-state index contributed by atoms with van der Waals surface area (Å²) in [5.41, 5.74) is 0.660. The molecule has 0 aliphatic carbocycles. The highest BCUT2D eigenvalue weighted by Crippen LogP contribution is 2.35. The molecule has 0 bridgehead atoms. The van der Waals surface area contributed by atoms with Crippen molar-refractivity contribution >= 4 is 5.97 Å². The Morgan fingerprint density at radius 1 is 1.64 bits per heavy atom. The Labute approximate surface area is 80.1 Å². The van der Waals surface area contributed by atoms with Crippen LogP contribution in [-0.4, -0.2) is 17.7 Å². The summed E-state index contributed by atoms with van der Waals surface area (Å²) in [4.78, 5) is 10.5. The number of hydrogen-bond acceptors (Lipinski definition) is 2. The molecule has 1 N–H and O–H groups in total. The Kier molecular flexibility index (Phi) is 2.11. The van der Waals surface area contributed by atoms with Crippen LogP contribution in [0.2, 0.25) is 0 Å². The van der Waals surface area contributed by atoms with E-state index in [9.17, 15) is 9.18 Å². The summed E-state index contributed by atoms with van der Waals surface area (Å²) < 4.78 is 18.1. The molecule has 0 saturated heterocycles. The van der Waals surface area contributed by atoms with Crippen LogP contribution in [0.5, 0.6) is 5.75 Å². The van der Waals surface area contributed by atoms with Crippen molar-refractivity contribution in [3.05, 3.63) is 29.6 Å². The van der Waals surface area contributed by atoms with Crippen molar-refractivity contribution in [1.82, 2.24) is 0 Å². The van der Waals surface area contributed by atoms with Gasteiger partial charge in [0.05, 0.1) is 13.0 Å². The number of benzene rings is 1. The van der Waals surface area contributed by atoms with E-state index in [-0.39, 0.29) is 18.2 Å². The molecule has 14 heavy (non-hydrogen) atoms. The van der Waals surface area contributed by atoms with Gasteiger partial charge < -0.3 is 9.84 Å². The van der Waals surface area contributed by atoms with Gasteiger partial charge in [0, 0.05) is 11.5 Å². The van der Waals surface area contributed by atoms with Gasteiger partial charge in [-0.05, 0) is 18.2 Å². The number of carboxylic acid groups (broad SMARTS) is 1. The summed E-state index contributed by atoms with van der Waals surface area (Å²) in [6.07, 6.45) is -0.0174. The van der Waals surface area contributed by atoms with Crippen LogP contribution in [0.3, 0.4) is 0 Å². The van der Waals surface area contributed by atoms with E-state index in [4.69, 9.17) is 9.84 Å². The molecule has 1 aromatic carbocycles. The lowest BCUT2D eigenvalue weighted by Gasteiger charge is -2.03. The zero-order valence-electron chi connectivity index (χ0n) is 7.37. The van der Waals surface area contributed by atoms with E-state index in [2.05, 4.69) is 0 Å². The number of aliphatic carboxylic acids is 1. The number of rotatable bonds is 2. The van der Waals surface area contributed by atoms with E-state index in [1.54, 1.807) is 0 Å². The van der Waals surface area contributed by atoms with Gasteiger partial charge in [-0.25, -0.2) is 4.39 Å². The fourth-order valence-corrected chi connectivity index (χ4v) is 1.63. The molecule has 2 rings (SSSR count). The maximum Gasteiger partial charge on any atom is 0.304 e. The first-order valence-electron chi connectivity index (χ1n) is 4.31. The zero-order valence-corrected chi connectivity index (χ0v) is 7.37. The number of fused-ring (bicyclic) bond motifs is 1. The van der Waals surface area contributed by atoms with Crippen molar-refractivity contribution in [3.63, 3.8) is 0 Å². The van der Waals surface area contributed by atoms with Crippen molar-refractivity contribution in [2.45, 2.75) is 12.3 Å². The first-order chi connectivity index (χ1) is 6.66. The monoisotopic (exact) mass is 196 g/mol. The van der Waals surface area contributed by atoms with Gasteiger partial charge in [-0.1, -0.05) is 0 Å². The minimum absolute atomic E-state index is 0.0174. The number of hydrogen-bond donors (Lipinski definition) is 1. The SMILES string of the molecule is O=C(O)CC1COc2ccc(F)cc21. The molecule has 74 valence electrons. The van der Waals surface area contributed by atoms with Gasteiger partial charge in [-0.2, -0.15) is 0 Å². The van der Waals surface area contributed by atoms with Gasteiger partial charge in [0.2, 0.25) is 0 Å². The van der Waals surface area contributed by atoms with Crippen molar-refractivity contribution in [2.75, 3.05) is 6.61 Å². The van der Waals surface area contributed by atoms with Crippen LogP contribution < -0.4 is 4.74 Å². The number of carboxylic acids is 1. The van der Waals surface area contributed by atoms with E-state index in [1.807, 2.05) is 0 Å². The zero-order chi connectivity index (χ0) is 10.1. The van der Waals surface area contributed by atoms with Gasteiger partial charge in [0.25, 0.3) is 0 Å². The summed E-state index contributed by atoms with van der Waals surface area (Å²) in [5, 5.41) is 8.62. The summed E-state index contributed by atoms with van der Waals surface area (Å²) >= 11 is 0. The van der Waals surface area contributed by atoms with E-state index in [0.717, 1.165) is 0 Å². The highest BCUT2D eigenvalue weighted by atomic mass is 19.1. The first kappa shape index (κ1) is 8.99. The van der Waals surface area contributed by atoms with Gasteiger partial charge in [-0.15, -0.1) is 0 Å². The lowest BCUT2D eigenvalue weighted by molar-refractivity contribution is -0.137. The molecular weight excluding hydrogens is 187 g/mol. The molecule has 0 aromatic heterocycles. The van der Waals surface area contributed by atoms with Crippen LogP contribution in [0.15, 0.2) is 18.2 Å². The normalized spacial score (nSPS) is 18.8. The standard InChI is InChI=1S/C10H9FO3/c11-7-1-2-9-8(4-7)6(5-14-9)3-10(12)13/h1-2,4,6H,3,5H2,(H,12,13). The predicted molar refractivity (Wildman–Crippen MR) is 46.9 cm³/mol. The fraction of sp³-hybridized carbons (Fsp3) is 0.300. The van der Waals surface area contributed by atoms with E-state index in [0.29, 0.717) is 17.9 Å². The van der Waals surface area contributed by atoms with Gasteiger partial charge in [0.15, 0.2) is 0 Å². The van der Waals surface area contributed by atoms with Crippen LogP contribution in [0.25, 0.3) is 0 Å². The van der Waals surface area contributed by atoms with Crippen LogP contribution in [0, 0.1) is 5.82 Å². The lowest BCUT2D eigenvalue weighted by atomic mass is 9.98. The van der Waals surface area contributed by atoms with Gasteiger partial charge >= 0.3 is 5.97 Å². The largest absolute Gasteiger partial charge is 0.493 e.